The second-order valence-electron chi connectivity index (χ2n) is 4.64. The lowest BCUT2D eigenvalue weighted by molar-refractivity contribution is 1.02. The number of hydrogen-bond acceptors (Lipinski definition) is 4. The third kappa shape index (κ3) is 2.63. The average Bonchev–Trinajstić information content (AvgIpc) is 3.21. The molecule has 0 bridgehead atoms. The summed E-state index contributed by atoms with van der Waals surface area (Å²) < 4.78 is 0. The lowest BCUT2D eigenvalue weighted by atomic mass is 10.1. The highest BCUT2D eigenvalue weighted by molar-refractivity contribution is 6.32. The first kappa shape index (κ1) is 12.2. The fraction of sp³-hybridized carbons (Fsp3) is 0.286. The van der Waals surface area contributed by atoms with Gasteiger partial charge in [0.15, 0.2) is 5.82 Å². The van der Waals surface area contributed by atoms with Gasteiger partial charge in [-0.2, -0.15) is 4.98 Å². The standard InChI is InChI=1S/C14H15ClN4/c1-16-14-17-8-11(15)13(19-14)18-12-7-10(12)9-5-3-2-4-6-9/h2-6,8,10,12H,7H2,1H3,(H2,16,17,18,19). The first-order valence-corrected chi connectivity index (χ1v) is 6.67. The molecule has 1 fully saturated rings. The maximum Gasteiger partial charge on any atom is 0.224 e. The Kier molecular flexibility index (Phi) is 3.25. The summed E-state index contributed by atoms with van der Waals surface area (Å²) in [4.78, 5) is 8.40. The van der Waals surface area contributed by atoms with E-state index in [1.54, 1.807) is 13.2 Å². The van der Waals surface area contributed by atoms with Crippen LogP contribution >= 0.6 is 11.6 Å². The highest BCUT2D eigenvalue weighted by Gasteiger charge is 2.38. The fourth-order valence-corrected chi connectivity index (χ4v) is 2.33. The summed E-state index contributed by atoms with van der Waals surface area (Å²) in [6, 6.07) is 10.9. The van der Waals surface area contributed by atoms with Crippen LogP contribution in [0.2, 0.25) is 5.02 Å². The first-order valence-electron chi connectivity index (χ1n) is 6.29. The van der Waals surface area contributed by atoms with Crippen molar-refractivity contribution < 1.29 is 0 Å². The van der Waals surface area contributed by atoms with Crippen molar-refractivity contribution in [3.05, 3.63) is 47.1 Å². The van der Waals surface area contributed by atoms with Gasteiger partial charge < -0.3 is 10.6 Å². The second kappa shape index (κ2) is 5.05. The Morgan fingerprint density at radius 3 is 2.79 bits per heavy atom. The van der Waals surface area contributed by atoms with Crippen molar-refractivity contribution in [3.63, 3.8) is 0 Å². The zero-order valence-electron chi connectivity index (χ0n) is 10.6. The minimum atomic E-state index is 0.402. The predicted molar refractivity (Wildman–Crippen MR) is 77.8 cm³/mol. The molecule has 2 atom stereocenters. The summed E-state index contributed by atoms with van der Waals surface area (Å²) in [6.07, 6.45) is 2.72. The van der Waals surface area contributed by atoms with Crippen molar-refractivity contribution in [1.29, 1.82) is 0 Å². The van der Waals surface area contributed by atoms with Gasteiger partial charge >= 0.3 is 0 Å². The number of hydrogen-bond donors (Lipinski definition) is 2. The quantitative estimate of drug-likeness (QED) is 0.899. The Labute approximate surface area is 117 Å². The Hall–Kier alpha value is -1.81. The van der Waals surface area contributed by atoms with Crippen molar-refractivity contribution >= 4 is 23.4 Å². The van der Waals surface area contributed by atoms with E-state index in [2.05, 4.69) is 44.9 Å². The van der Waals surface area contributed by atoms with Crippen LogP contribution in [0.25, 0.3) is 0 Å². The summed E-state index contributed by atoms with van der Waals surface area (Å²) >= 11 is 6.10. The number of halogens is 1. The van der Waals surface area contributed by atoms with E-state index in [-0.39, 0.29) is 0 Å². The first-order chi connectivity index (χ1) is 9.28. The molecule has 0 aliphatic heterocycles. The third-order valence-corrected chi connectivity index (χ3v) is 3.58. The molecular weight excluding hydrogens is 260 g/mol. The normalized spacial score (nSPS) is 20.9. The fourth-order valence-electron chi connectivity index (χ4n) is 2.19. The summed E-state index contributed by atoms with van der Waals surface area (Å²) in [5.41, 5.74) is 1.36. The summed E-state index contributed by atoms with van der Waals surface area (Å²) in [5.74, 6) is 1.82. The smallest absolute Gasteiger partial charge is 0.224 e. The van der Waals surface area contributed by atoms with E-state index in [1.807, 2.05) is 6.07 Å². The molecule has 5 heteroatoms. The Morgan fingerprint density at radius 2 is 2.05 bits per heavy atom. The Morgan fingerprint density at radius 1 is 1.26 bits per heavy atom. The number of nitrogens with zero attached hydrogens (tertiary/aromatic N) is 2. The number of aromatic nitrogens is 2. The monoisotopic (exact) mass is 274 g/mol. The average molecular weight is 275 g/mol. The van der Waals surface area contributed by atoms with Gasteiger partial charge in [0.05, 0.1) is 6.20 Å². The molecule has 1 aliphatic rings. The van der Waals surface area contributed by atoms with Gasteiger partial charge in [0, 0.05) is 19.0 Å². The topological polar surface area (TPSA) is 49.8 Å². The molecule has 98 valence electrons. The van der Waals surface area contributed by atoms with Crippen LogP contribution in [-0.4, -0.2) is 23.1 Å². The predicted octanol–water partition coefficient (Wildman–Crippen LogP) is 3.14. The van der Waals surface area contributed by atoms with Crippen LogP contribution in [0.5, 0.6) is 0 Å². The minimum Gasteiger partial charge on any atom is -0.365 e. The van der Waals surface area contributed by atoms with Crippen molar-refractivity contribution in [2.75, 3.05) is 17.7 Å². The van der Waals surface area contributed by atoms with Crippen LogP contribution in [0.15, 0.2) is 36.5 Å². The minimum absolute atomic E-state index is 0.402. The molecule has 2 N–H and O–H groups in total. The van der Waals surface area contributed by atoms with Crippen molar-refractivity contribution in [2.24, 2.45) is 0 Å². The molecule has 0 radical (unpaired) electrons. The molecule has 0 spiro atoms. The SMILES string of the molecule is CNc1ncc(Cl)c(NC2CC2c2ccccc2)n1. The molecule has 0 amide bonds. The Balaban J connectivity index is 1.71. The van der Waals surface area contributed by atoms with E-state index in [1.165, 1.54) is 5.56 Å². The molecule has 19 heavy (non-hydrogen) atoms. The lowest BCUT2D eigenvalue weighted by Crippen LogP contribution is -2.08. The second-order valence-corrected chi connectivity index (χ2v) is 5.05. The zero-order chi connectivity index (χ0) is 13.2. The van der Waals surface area contributed by atoms with Crippen LogP contribution < -0.4 is 10.6 Å². The molecule has 0 saturated heterocycles. The number of anilines is 2. The van der Waals surface area contributed by atoms with Crippen LogP contribution in [0.1, 0.15) is 17.9 Å². The molecule has 3 rings (SSSR count). The van der Waals surface area contributed by atoms with Gasteiger partial charge in [0.1, 0.15) is 5.02 Å². The molecule has 1 aromatic carbocycles. The van der Waals surface area contributed by atoms with Crippen LogP contribution in [0.4, 0.5) is 11.8 Å². The lowest BCUT2D eigenvalue weighted by Gasteiger charge is -2.08. The van der Waals surface area contributed by atoms with Crippen molar-refractivity contribution in [3.8, 4) is 0 Å². The van der Waals surface area contributed by atoms with E-state index < -0.39 is 0 Å². The van der Waals surface area contributed by atoms with E-state index in [4.69, 9.17) is 11.6 Å². The molecule has 1 heterocycles. The van der Waals surface area contributed by atoms with Crippen LogP contribution in [0.3, 0.4) is 0 Å². The maximum absolute atomic E-state index is 6.10. The van der Waals surface area contributed by atoms with E-state index in [0.717, 1.165) is 6.42 Å². The summed E-state index contributed by atoms with van der Waals surface area (Å²) in [7, 11) is 1.79. The highest BCUT2D eigenvalue weighted by atomic mass is 35.5. The summed E-state index contributed by atoms with van der Waals surface area (Å²) in [6.45, 7) is 0. The molecule has 2 aromatic rings. The van der Waals surface area contributed by atoms with Gasteiger partial charge in [0.2, 0.25) is 5.95 Å². The van der Waals surface area contributed by atoms with Gasteiger partial charge in [-0.1, -0.05) is 41.9 Å². The Bertz CT molecular complexity index is 573. The molecule has 2 unspecified atom stereocenters. The van der Waals surface area contributed by atoms with Crippen molar-refractivity contribution in [1.82, 2.24) is 9.97 Å². The van der Waals surface area contributed by atoms with Gasteiger partial charge in [0.25, 0.3) is 0 Å². The van der Waals surface area contributed by atoms with Gasteiger partial charge in [-0.3, -0.25) is 0 Å². The highest BCUT2D eigenvalue weighted by Crippen LogP contribution is 2.43. The van der Waals surface area contributed by atoms with Gasteiger partial charge in [-0.05, 0) is 12.0 Å². The van der Waals surface area contributed by atoms with E-state index in [9.17, 15) is 0 Å². The molecule has 1 aliphatic carbocycles. The molecular formula is C14H15ClN4. The molecule has 1 saturated carbocycles. The maximum atomic E-state index is 6.10. The third-order valence-electron chi connectivity index (χ3n) is 3.31. The van der Waals surface area contributed by atoms with Crippen molar-refractivity contribution in [2.45, 2.75) is 18.4 Å². The largest absolute Gasteiger partial charge is 0.365 e. The molecule has 1 aromatic heterocycles. The van der Waals surface area contributed by atoms with Gasteiger partial charge in [-0.15, -0.1) is 0 Å². The van der Waals surface area contributed by atoms with Crippen LogP contribution in [-0.2, 0) is 0 Å². The number of benzene rings is 1. The van der Waals surface area contributed by atoms with Crippen LogP contribution in [0, 0.1) is 0 Å². The number of nitrogens with one attached hydrogen (secondary N) is 2. The van der Waals surface area contributed by atoms with E-state index in [0.29, 0.717) is 28.7 Å². The molecule has 4 nitrogen and oxygen atoms in total. The number of rotatable bonds is 4. The zero-order valence-corrected chi connectivity index (χ0v) is 11.4. The van der Waals surface area contributed by atoms with E-state index >= 15 is 0 Å². The van der Waals surface area contributed by atoms with Gasteiger partial charge in [-0.25, -0.2) is 4.98 Å². The summed E-state index contributed by atoms with van der Waals surface area (Å²) in [5, 5.41) is 6.85.